The third kappa shape index (κ3) is 3.53. The quantitative estimate of drug-likeness (QED) is 0.622. The molecule has 0 aliphatic heterocycles. The highest BCUT2D eigenvalue weighted by molar-refractivity contribution is 7.98. The smallest absolute Gasteiger partial charge is 0.339 e. The van der Waals surface area contributed by atoms with E-state index in [1.165, 1.54) is 37.5 Å². The van der Waals surface area contributed by atoms with Crippen molar-refractivity contribution >= 4 is 17.7 Å². The summed E-state index contributed by atoms with van der Waals surface area (Å²) in [7, 11) is 1.43. The van der Waals surface area contributed by atoms with E-state index in [2.05, 4.69) is 0 Å². The van der Waals surface area contributed by atoms with Crippen LogP contribution in [0, 0.1) is 5.82 Å². The van der Waals surface area contributed by atoms with Gasteiger partial charge in [0.05, 0.1) is 19.6 Å². The van der Waals surface area contributed by atoms with Gasteiger partial charge in [0.15, 0.2) is 0 Å². The zero-order chi connectivity index (χ0) is 17.8. The summed E-state index contributed by atoms with van der Waals surface area (Å²) >= 11 is 1.24. The molecule has 25 heavy (non-hydrogen) atoms. The number of furan rings is 1. The van der Waals surface area contributed by atoms with Crippen molar-refractivity contribution in [1.29, 1.82) is 0 Å². The van der Waals surface area contributed by atoms with E-state index < -0.39 is 5.97 Å². The van der Waals surface area contributed by atoms with Crippen molar-refractivity contribution in [2.45, 2.75) is 10.6 Å². The van der Waals surface area contributed by atoms with Crippen LogP contribution in [0.1, 0.15) is 15.9 Å². The highest BCUT2D eigenvalue weighted by Gasteiger charge is 2.21. The summed E-state index contributed by atoms with van der Waals surface area (Å²) in [6.07, 6.45) is 3.04. The SMILES string of the molecule is COc1c(-c2ccoc2)ccc(CSc2ccccc2F)c1C(=O)O. The molecule has 1 heterocycles. The predicted molar refractivity (Wildman–Crippen MR) is 93.6 cm³/mol. The molecule has 2 aromatic carbocycles. The number of methoxy groups -OCH3 is 1. The first-order valence-electron chi connectivity index (χ1n) is 7.45. The maximum Gasteiger partial charge on any atom is 0.339 e. The molecular weight excluding hydrogens is 343 g/mol. The maximum atomic E-state index is 13.8. The maximum absolute atomic E-state index is 13.8. The van der Waals surface area contributed by atoms with Gasteiger partial charge in [-0.05, 0) is 23.8 Å². The molecule has 0 spiro atoms. The molecule has 0 saturated carbocycles. The molecule has 0 saturated heterocycles. The van der Waals surface area contributed by atoms with Gasteiger partial charge in [-0.15, -0.1) is 11.8 Å². The number of hydrogen-bond acceptors (Lipinski definition) is 4. The van der Waals surface area contributed by atoms with Crippen LogP contribution in [-0.4, -0.2) is 18.2 Å². The monoisotopic (exact) mass is 358 g/mol. The molecule has 6 heteroatoms. The molecule has 3 aromatic rings. The number of thioether (sulfide) groups is 1. The number of benzene rings is 2. The van der Waals surface area contributed by atoms with Gasteiger partial charge in [0.1, 0.15) is 17.1 Å². The summed E-state index contributed by atoms with van der Waals surface area (Å²) < 4.78 is 24.2. The van der Waals surface area contributed by atoms with Gasteiger partial charge in [0, 0.05) is 21.8 Å². The van der Waals surface area contributed by atoms with E-state index in [0.29, 0.717) is 21.8 Å². The number of halogens is 1. The highest BCUT2D eigenvalue weighted by Crippen LogP contribution is 2.37. The van der Waals surface area contributed by atoms with Crippen molar-refractivity contribution in [3.05, 3.63) is 71.9 Å². The first-order valence-corrected chi connectivity index (χ1v) is 8.43. The fourth-order valence-electron chi connectivity index (χ4n) is 2.55. The van der Waals surface area contributed by atoms with Crippen LogP contribution in [0.15, 0.2) is 64.3 Å². The Hall–Kier alpha value is -2.73. The van der Waals surface area contributed by atoms with Crippen molar-refractivity contribution in [2.24, 2.45) is 0 Å². The van der Waals surface area contributed by atoms with Gasteiger partial charge in [0.2, 0.25) is 0 Å². The molecule has 0 radical (unpaired) electrons. The Morgan fingerprint density at radius 1 is 1.24 bits per heavy atom. The van der Waals surface area contributed by atoms with E-state index in [-0.39, 0.29) is 17.1 Å². The van der Waals surface area contributed by atoms with Crippen molar-refractivity contribution in [1.82, 2.24) is 0 Å². The van der Waals surface area contributed by atoms with E-state index in [0.717, 1.165) is 5.56 Å². The van der Waals surface area contributed by atoms with Gasteiger partial charge < -0.3 is 14.3 Å². The molecule has 0 aliphatic rings. The number of carboxylic acid groups (broad SMARTS) is 1. The molecule has 0 amide bonds. The zero-order valence-electron chi connectivity index (χ0n) is 13.4. The van der Waals surface area contributed by atoms with E-state index in [1.54, 1.807) is 36.4 Å². The molecule has 128 valence electrons. The average molecular weight is 358 g/mol. The third-order valence-corrected chi connectivity index (χ3v) is 4.81. The van der Waals surface area contributed by atoms with Crippen LogP contribution in [0.25, 0.3) is 11.1 Å². The summed E-state index contributed by atoms with van der Waals surface area (Å²) in [5, 5.41) is 9.66. The molecule has 1 N–H and O–H groups in total. The number of hydrogen-bond donors (Lipinski definition) is 1. The van der Waals surface area contributed by atoms with Crippen LogP contribution in [0.5, 0.6) is 5.75 Å². The second-order valence-electron chi connectivity index (χ2n) is 5.22. The number of carboxylic acids is 1. The van der Waals surface area contributed by atoms with Gasteiger partial charge in [0.25, 0.3) is 0 Å². The standard InChI is InChI=1S/C19H15FO4S/c1-23-18-14(12-8-9-24-10-12)7-6-13(17(18)19(21)22)11-25-16-5-3-2-4-15(16)20/h2-10H,11H2,1H3,(H,21,22). The van der Waals surface area contributed by atoms with Crippen molar-refractivity contribution in [3.8, 4) is 16.9 Å². The number of ether oxygens (including phenoxy) is 1. The van der Waals surface area contributed by atoms with Crippen molar-refractivity contribution in [3.63, 3.8) is 0 Å². The largest absolute Gasteiger partial charge is 0.495 e. The Morgan fingerprint density at radius 2 is 2.04 bits per heavy atom. The molecule has 0 aliphatic carbocycles. The third-order valence-electron chi connectivity index (χ3n) is 3.71. The molecule has 3 rings (SSSR count). The first kappa shape index (κ1) is 17.1. The van der Waals surface area contributed by atoms with E-state index >= 15 is 0 Å². The van der Waals surface area contributed by atoms with E-state index in [9.17, 15) is 14.3 Å². The number of rotatable bonds is 6. The van der Waals surface area contributed by atoms with Gasteiger partial charge in [-0.1, -0.05) is 24.3 Å². The number of carbonyl (C=O) groups is 1. The van der Waals surface area contributed by atoms with E-state index in [4.69, 9.17) is 9.15 Å². The van der Waals surface area contributed by atoms with Crippen LogP contribution in [0.2, 0.25) is 0 Å². The molecular formula is C19H15FO4S. The van der Waals surface area contributed by atoms with Gasteiger partial charge in [-0.3, -0.25) is 0 Å². The van der Waals surface area contributed by atoms with Crippen LogP contribution < -0.4 is 4.74 Å². The lowest BCUT2D eigenvalue weighted by Crippen LogP contribution is -2.06. The summed E-state index contributed by atoms with van der Waals surface area (Å²) in [4.78, 5) is 12.3. The van der Waals surface area contributed by atoms with Gasteiger partial charge in [-0.2, -0.15) is 0 Å². The molecule has 0 bridgehead atoms. The Kier molecular flexibility index (Phi) is 5.09. The summed E-state index contributed by atoms with van der Waals surface area (Å²) in [6, 6.07) is 11.6. The summed E-state index contributed by atoms with van der Waals surface area (Å²) in [6.45, 7) is 0. The molecule has 0 unspecified atom stereocenters. The lowest BCUT2D eigenvalue weighted by Gasteiger charge is -2.14. The second-order valence-corrected chi connectivity index (χ2v) is 6.23. The minimum atomic E-state index is -1.09. The molecule has 4 nitrogen and oxygen atoms in total. The Bertz CT molecular complexity index is 890. The molecule has 0 fully saturated rings. The topological polar surface area (TPSA) is 59.7 Å². The Labute approximate surface area is 148 Å². The molecule has 1 aromatic heterocycles. The highest BCUT2D eigenvalue weighted by atomic mass is 32.2. The normalized spacial score (nSPS) is 10.6. The fourth-order valence-corrected chi connectivity index (χ4v) is 3.48. The number of aromatic carboxylic acids is 1. The minimum absolute atomic E-state index is 0.0741. The average Bonchev–Trinajstić information content (AvgIpc) is 3.14. The lowest BCUT2D eigenvalue weighted by atomic mass is 9.99. The second kappa shape index (κ2) is 7.44. The first-order chi connectivity index (χ1) is 12.1. The van der Waals surface area contributed by atoms with Crippen molar-refractivity contribution < 1.29 is 23.4 Å². The van der Waals surface area contributed by atoms with Crippen LogP contribution in [0.3, 0.4) is 0 Å². The summed E-state index contributed by atoms with van der Waals surface area (Å²) in [5.41, 5.74) is 2.00. The van der Waals surface area contributed by atoms with Crippen LogP contribution in [0.4, 0.5) is 4.39 Å². The van der Waals surface area contributed by atoms with Gasteiger partial charge >= 0.3 is 5.97 Å². The van der Waals surface area contributed by atoms with Crippen LogP contribution >= 0.6 is 11.8 Å². The van der Waals surface area contributed by atoms with Gasteiger partial charge in [-0.25, -0.2) is 9.18 Å². The van der Waals surface area contributed by atoms with E-state index in [1.807, 2.05) is 0 Å². The van der Waals surface area contributed by atoms with Crippen LogP contribution in [-0.2, 0) is 5.75 Å². The zero-order valence-corrected chi connectivity index (χ0v) is 14.2. The Morgan fingerprint density at radius 3 is 2.68 bits per heavy atom. The van der Waals surface area contributed by atoms with Crippen molar-refractivity contribution in [2.75, 3.05) is 7.11 Å². The summed E-state index contributed by atoms with van der Waals surface area (Å²) in [5.74, 6) is -0.844. The fraction of sp³-hybridized carbons (Fsp3) is 0.105. The lowest BCUT2D eigenvalue weighted by molar-refractivity contribution is 0.0692. The minimum Gasteiger partial charge on any atom is -0.495 e. The molecule has 0 atom stereocenters. The predicted octanol–water partition coefficient (Wildman–Crippen LogP) is 5.08. The Balaban J connectivity index is 1.99.